The molecule has 0 radical (unpaired) electrons. The van der Waals surface area contributed by atoms with E-state index in [0.717, 1.165) is 41.8 Å². The fourth-order valence-electron chi connectivity index (χ4n) is 4.84. The number of hydrogen-bond acceptors (Lipinski definition) is 2. The Labute approximate surface area is 186 Å². The smallest absolute Gasteiger partial charge is 0.317 e. The van der Waals surface area contributed by atoms with Gasteiger partial charge in [0.2, 0.25) is 0 Å². The van der Waals surface area contributed by atoms with Crippen LogP contribution in [-0.4, -0.2) is 53.1 Å². The summed E-state index contributed by atoms with van der Waals surface area (Å²) in [5.41, 5.74) is 3.08. The van der Waals surface area contributed by atoms with Gasteiger partial charge in [0, 0.05) is 41.9 Å². The molecule has 5 rings (SSSR count). The lowest BCUT2D eigenvalue weighted by atomic mass is 10.0. The van der Waals surface area contributed by atoms with Gasteiger partial charge in [-0.1, -0.05) is 18.0 Å². The van der Waals surface area contributed by atoms with Gasteiger partial charge in [-0.3, -0.25) is 4.90 Å². The largest absolute Gasteiger partial charge is 0.336 e. The van der Waals surface area contributed by atoms with E-state index < -0.39 is 0 Å². The molecule has 1 aromatic heterocycles. The van der Waals surface area contributed by atoms with Gasteiger partial charge in [-0.15, -0.1) is 0 Å². The third-order valence-electron chi connectivity index (χ3n) is 6.43. The van der Waals surface area contributed by atoms with Crippen LogP contribution in [0.1, 0.15) is 30.9 Å². The highest BCUT2D eigenvalue weighted by Gasteiger charge is 2.31. The SMILES string of the molecule is O=C1NCCN1CC(c1cn(-c2ccc(F)cc2)c2ccc(Cl)cc12)N1CCCCC1. The second-order valence-electron chi connectivity index (χ2n) is 8.38. The highest BCUT2D eigenvalue weighted by Crippen LogP contribution is 2.35. The van der Waals surface area contributed by atoms with Crippen molar-refractivity contribution in [1.29, 1.82) is 0 Å². The minimum absolute atomic E-state index is 0.00214. The molecule has 5 nitrogen and oxygen atoms in total. The van der Waals surface area contributed by atoms with E-state index in [1.165, 1.54) is 31.4 Å². The third kappa shape index (κ3) is 4.02. The van der Waals surface area contributed by atoms with Crippen molar-refractivity contribution >= 4 is 28.5 Å². The number of nitrogens with one attached hydrogen (secondary N) is 1. The Balaban J connectivity index is 1.63. The minimum Gasteiger partial charge on any atom is -0.336 e. The van der Waals surface area contributed by atoms with Gasteiger partial charge in [0.15, 0.2) is 0 Å². The Morgan fingerprint density at radius 3 is 2.52 bits per heavy atom. The minimum atomic E-state index is -0.255. The second-order valence-corrected chi connectivity index (χ2v) is 8.82. The highest BCUT2D eigenvalue weighted by molar-refractivity contribution is 6.31. The van der Waals surface area contributed by atoms with Crippen LogP contribution in [0.5, 0.6) is 0 Å². The Morgan fingerprint density at radius 2 is 1.81 bits per heavy atom. The first-order valence-electron chi connectivity index (χ1n) is 10.9. The molecule has 3 aromatic rings. The predicted molar refractivity (Wildman–Crippen MR) is 121 cm³/mol. The van der Waals surface area contributed by atoms with E-state index in [-0.39, 0.29) is 17.9 Å². The number of aromatic nitrogens is 1. The molecule has 2 fully saturated rings. The van der Waals surface area contributed by atoms with Crippen LogP contribution in [0, 0.1) is 5.82 Å². The molecule has 0 bridgehead atoms. The number of amides is 2. The number of benzene rings is 2. The highest BCUT2D eigenvalue weighted by atomic mass is 35.5. The van der Waals surface area contributed by atoms with Crippen LogP contribution in [0.2, 0.25) is 5.02 Å². The summed E-state index contributed by atoms with van der Waals surface area (Å²) in [5, 5.41) is 4.68. The van der Waals surface area contributed by atoms with E-state index in [2.05, 4.69) is 21.0 Å². The number of fused-ring (bicyclic) bond motifs is 1. The van der Waals surface area contributed by atoms with E-state index >= 15 is 0 Å². The van der Waals surface area contributed by atoms with Crippen LogP contribution < -0.4 is 5.32 Å². The normalized spacial score (nSPS) is 18.5. The summed E-state index contributed by atoms with van der Waals surface area (Å²) in [4.78, 5) is 16.7. The van der Waals surface area contributed by atoms with Gasteiger partial charge in [-0.25, -0.2) is 9.18 Å². The zero-order valence-electron chi connectivity index (χ0n) is 17.4. The second kappa shape index (κ2) is 8.52. The summed E-state index contributed by atoms with van der Waals surface area (Å²) in [5.74, 6) is -0.255. The molecular formula is C24H26ClFN4O. The number of rotatable bonds is 5. The lowest BCUT2D eigenvalue weighted by Crippen LogP contribution is -2.41. The maximum absolute atomic E-state index is 13.5. The topological polar surface area (TPSA) is 40.5 Å². The molecule has 2 aromatic carbocycles. The quantitative estimate of drug-likeness (QED) is 0.608. The number of piperidine rings is 1. The number of likely N-dealkylation sites (tertiary alicyclic amines) is 1. The number of nitrogens with zero attached hydrogens (tertiary/aromatic N) is 3. The van der Waals surface area contributed by atoms with Gasteiger partial charge in [-0.2, -0.15) is 0 Å². The van der Waals surface area contributed by atoms with E-state index in [9.17, 15) is 9.18 Å². The maximum atomic E-state index is 13.5. The van der Waals surface area contributed by atoms with Crippen molar-refractivity contribution < 1.29 is 9.18 Å². The van der Waals surface area contributed by atoms with Crippen molar-refractivity contribution in [2.75, 3.05) is 32.7 Å². The summed E-state index contributed by atoms with van der Waals surface area (Å²) in [6.45, 7) is 4.09. The molecule has 3 heterocycles. The molecule has 0 spiro atoms. The number of hydrogen-bond donors (Lipinski definition) is 1. The molecule has 2 amide bonds. The molecule has 1 atom stereocenters. The monoisotopic (exact) mass is 440 g/mol. The first-order valence-corrected chi connectivity index (χ1v) is 11.3. The van der Waals surface area contributed by atoms with Gasteiger partial charge in [0.25, 0.3) is 0 Å². The summed E-state index contributed by atoms with van der Waals surface area (Å²) < 4.78 is 15.6. The average Bonchev–Trinajstić information content (AvgIpc) is 3.36. The molecule has 2 aliphatic rings. The fourth-order valence-corrected chi connectivity index (χ4v) is 5.02. The van der Waals surface area contributed by atoms with Crippen LogP contribution in [0.3, 0.4) is 0 Å². The average molecular weight is 441 g/mol. The Kier molecular flexibility index (Phi) is 5.59. The lowest BCUT2D eigenvalue weighted by molar-refractivity contribution is 0.133. The Hall–Kier alpha value is -2.57. The van der Waals surface area contributed by atoms with Gasteiger partial charge < -0.3 is 14.8 Å². The summed E-state index contributed by atoms with van der Waals surface area (Å²) in [7, 11) is 0. The zero-order chi connectivity index (χ0) is 21.4. The van der Waals surface area contributed by atoms with Crippen molar-refractivity contribution in [3.8, 4) is 5.69 Å². The number of halogens is 2. The summed E-state index contributed by atoms with van der Waals surface area (Å²) >= 11 is 6.40. The molecule has 0 aliphatic carbocycles. The molecule has 162 valence electrons. The molecule has 7 heteroatoms. The molecule has 0 saturated carbocycles. The van der Waals surface area contributed by atoms with Crippen LogP contribution in [0.15, 0.2) is 48.7 Å². The summed E-state index contributed by atoms with van der Waals surface area (Å²) in [6, 6.07) is 12.5. The lowest BCUT2D eigenvalue weighted by Gasteiger charge is -2.36. The molecular weight excluding hydrogens is 415 g/mol. The maximum Gasteiger partial charge on any atom is 0.317 e. The van der Waals surface area contributed by atoms with Crippen molar-refractivity contribution in [3.63, 3.8) is 0 Å². The van der Waals surface area contributed by atoms with Crippen molar-refractivity contribution in [2.45, 2.75) is 25.3 Å². The van der Waals surface area contributed by atoms with E-state index in [1.807, 2.05) is 23.1 Å². The summed E-state index contributed by atoms with van der Waals surface area (Å²) in [6.07, 6.45) is 5.72. The first kappa shape index (κ1) is 20.3. The van der Waals surface area contributed by atoms with Crippen LogP contribution in [-0.2, 0) is 0 Å². The number of carbonyl (C=O) groups excluding carboxylic acids is 1. The standard InChI is InChI=1S/C24H26ClFN4O/c25-17-4-9-22-20(14-17)21(15-30(22)19-7-5-18(26)6-8-19)23(28-11-2-1-3-12-28)16-29-13-10-27-24(29)31/h4-9,14-15,23H,1-3,10-13,16H2,(H,27,31). The van der Waals surface area contributed by atoms with Gasteiger partial charge in [-0.05, 0) is 74.0 Å². The van der Waals surface area contributed by atoms with Crippen molar-refractivity contribution in [2.24, 2.45) is 0 Å². The molecule has 2 aliphatic heterocycles. The number of carbonyl (C=O) groups is 1. The Bertz CT molecular complexity index is 1090. The van der Waals surface area contributed by atoms with Gasteiger partial charge in [0.05, 0.1) is 11.6 Å². The fraction of sp³-hybridized carbons (Fsp3) is 0.375. The van der Waals surface area contributed by atoms with Gasteiger partial charge in [0.1, 0.15) is 5.82 Å². The molecule has 1 unspecified atom stereocenters. The van der Waals surface area contributed by atoms with Crippen LogP contribution in [0.4, 0.5) is 9.18 Å². The van der Waals surface area contributed by atoms with Crippen molar-refractivity contribution in [1.82, 2.24) is 19.7 Å². The van der Waals surface area contributed by atoms with Crippen molar-refractivity contribution in [3.05, 3.63) is 65.1 Å². The van der Waals surface area contributed by atoms with E-state index in [0.29, 0.717) is 18.1 Å². The third-order valence-corrected chi connectivity index (χ3v) is 6.67. The zero-order valence-corrected chi connectivity index (χ0v) is 18.1. The molecule has 2 saturated heterocycles. The molecule has 1 N–H and O–H groups in total. The van der Waals surface area contributed by atoms with Crippen LogP contribution >= 0.6 is 11.6 Å². The Morgan fingerprint density at radius 1 is 1.03 bits per heavy atom. The van der Waals surface area contributed by atoms with E-state index in [1.54, 1.807) is 12.1 Å². The predicted octanol–water partition coefficient (Wildman–Crippen LogP) is 4.98. The first-order chi connectivity index (χ1) is 15.1. The van der Waals surface area contributed by atoms with Gasteiger partial charge >= 0.3 is 6.03 Å². The van der Waals surface area contributed by atoms with Crippen LogP contribution in [0.25, 0.3) is 16.6 Å². The number of urea groups is 1. The van der Waals surface area contributed by atoms with E-state index in [4.69, 9.17) is 11.6 Å². The molecule has 31 heavy (non-hydrogen) atoms.